The molecule has 0 unspecified atom stereocenters. The second-order valence-electron chi connectivity index (χ2n) is 21.3. The van der Waals surface area contributed by atoms with Gasteiger partial charge in [-0.25, -0.2) is 0 Å². The first-order valence-corrected chi connectivity index (χ1v) is 29.4. The molecule has 0 aromatic carbocycles. The zero-order valence-corrected chi connectivity index (χ0v) is 43.5. The topological polar surface area (TPSA) is 0 Å². The van der Waals surface area contributed by atoms with Gasteiger partial charge in [0.15, 0.2) is 0 Å². The zero-order chi connectivity index (χ0) is 43.6. The van der Waals surface area contributed by atoms with E-state index in [1.54, 1.807) is 0 Å². The summed E-state index contributed by atoms with van der Waals surface area (Å²) < 4.78 is 1.47. The molecule has 0 atom stereocenters. The highest BCUT2D eigenvalue weighted by molar-refractivity contribution is 4.57. The Morgan fingerprint density at radius 2 is 0.350 bits per heavy atom. The van der Waals surface area contributed by atoms with Crippen molar-refractivity contribution >= 4 is 0 Å². The summed E-state index contributed by atoms with van der Waals surface area (Å²) >= 11 is 0. The molecule has 0 radical (unpaired) electrons. The second-order valence-corrected chi connectivity index (χ2v) is 21.3. The van der Waals surface area contributed by atoms with Gasteiger partial charge in [-0.2, -0.15) is 0 Å². The van der Waals surface area contributed by atoms with Crippen LogP contribution < -0.4 is 0 Å². The molecule has 1 nitrogen and oxygen atoms in total. The van der Waals surface area contributed by atoms with E-state index in [-0.39, 0.29) is 0 Å². The molecule has 0 amide bonds. The van der Waals surface area contributed by atoms with Crippen molar-refractivity contribution in [1.82, 2.24) is 0 Å². The predicted molar refractivity (Wildman–Crippen MR) is 278 cm³/mol. The highest BCUT2D eigenvalue weighted by Gasteiger charge is 2.26. The molecular formula is C59H122N+. The lowest BCUT2D eigenvalue weighted by Crippen LogP contribution is -2.51. The van der Waals surface area contributed by atoms with Crippen LogP contribution in [0.1, 0.15) is 349 Å². The molecule has 0 saturated carbocycles. The van der Waals surface area contributed by atoms with Gasteiger partial charge in [-0.15, -0.1) is 0 Å². The average Bonchev–Trinajstić information content (AvgIpc) is 3.25. The first-order valence-electron chi connectivity index (χ1n) is 29.4. The largest absolute Gasteiger partial charge is 0.324 e. The van der Waals surface area contributed by atoms with Crippen LogP contribution in [0.25, 0.3) is 0 Å². The van der Waals surface area contributed by atoms with E-state index in [9.17, 15) is 0 Å². The first kappa shape index (κ1) is 60.0. The average molecular weight is 846 g/mol. The lowest BCUT2D eigenvalue weighted by Gasteiger charge is -2.40. The molecule has 0 aliphatic rings. The van der Waals surface area contributed by atoms with Crippen molar-refractivity contribution < 1.29 is 4.48 Å². The Kier molecular flexibility index (Phi) is 51.6. The minimum absolute atomic E-state index is 0.838. The molecule has 0 rings (SSSR count). The van der Waals surface area contributed by atoms with Crippen LogP contribution in [-0.2, 0) is 0 Å². The van der Waals surface area contributed by atoms with E-state index in [2.05, 4.69) is 34.6 Å². The molecule has 362 valence electrons. The molecule has 0 aromatic heterocycles. The predicted octanol–water partition coefficient (Wildman–Crippen LogP) is 21.6. The highest BCUT2D eigenvalue weighted by Crippen LogP contribution is 2.22. The molecule has 0 aliphatic carbocycles. The summed E-state index contributed by atoms with van der Waals surface area (Å²) in [7, 11) is 0. The molecule has 1 heteroatoms. The Morgan fingerprint density at radius 3 is 0.500 bits per heavy atom. The van der Waals surface area contributed by atoms with Gasteiger partial charge in [0.05, 0.1) is 26.2 Å². The highest BCUT2D eigenvalue weighted by atomic mass is 15.3. The standard InChI is InChI=1S/C59H122N/c1-6-9-12-15-18-21-24-27-30-33-36-39-42-45-48-51-55-60(58-54-59(4)5,56-52-49-46-43-40-37-34-31-28-25-22-19-16-13-10-7-2)57-53-50-47-44-41-38-35-32-29-26-23-20-17-14-11-8-3/h59H,6-58H2,1-5H3/q+1. The van der Waals surface area contributed by atoms with E-state index in [1.165, 1.54) is 345 Å². The normalized spacial score (nSPS) is 12.1. The number of nitrogens with zero attached hydrogens (tertiary/aromatic N) is 1. The van der Waals surface area contributed by atoms with Crippen molar-refractivity contribution in [2.75, 3.05) is 26.2 Å². The monoisotopic (exact) mass is 845 g/mol. The van der Waals surface area contributed by atoms with E-state index >= 15 is 0 Å². The van der Waals surface area contributed by atoms with Gasteiger partial charge >= 0.3 is 0 Å². The third kappa shape index (κ3) is 47.4. The summed E-state index contributed by atoms with van der Waals surface area (Å²) in [6.45, 7) is 17.8. The van der Waals surface area contributed by atoms with Crippen LogP contribution in [0, 0.1) is 5.92 Å². The van der Waals surface area contributed by atoms with E-state index in [1.807, 2.05) is 0 Å². The zero-order valence-electron chi connectivity index (χ0n) is 43.5. The van der Waals surface area contributed by atoms with E-state index in [0.717, 1.165) is 5.92 Å². The Balaban J connectivity index is 4.50. The molecule has 0 spiro atoms. The molecule has 0 aliphatic heterocycles. The Hall–Kier alpha value is -0.0400. The Morgan fingerprint density at radius 1 is 0.200 bits per heavy atom. The Bertz CT molecular complexity index is 653. The van der Waals surface area contributed by atoms with E-state index in [4.69, 9.17) is 0 Å². The quantitative estimate of drug-likeness (QED) is 0.0423. The van der Waals surface area contributed by atoms with Crippen molar-refractivity contribution in [3.05, 3.63) is 0 Å². The van der Waals surface area contributed by atoms with Gasteiger partial charge in [0, 0.05) is 0 Å². The summed E-state index contributed by atoms with van der Waals surface area (Å²) in [6.07, 6.45) is 72.2. The number of quaternary nitrogens is 1. The third-order valence-electron chi connectivity index (χ3n) is 14.6. The molecule has 0 bridgehead atoms. The lowest BCUT2D eigenvalue weighted by atomic mass is 10.0. The molecule has 60 heavy (non-hydrogen) atoms. The number of unbranched alkanes of at least 4 members (excludes halogenated alkanes) is 45. The maximum atomic E-state index is 2.48. The summed E-state index contributed by atoms with van der Waals surface area (Å²) in [6, 6.07) is 0. The van der Waals surface area contributed by atoms with Crippen molar-refractivity contribution in [2.24, 2.45) is 5.92 Å². The fraction of sp³-hybridized carbons (Fsp3) is 1.00. The maximum Gasteiger partial charge on any atom is 0.0789 e. The van der Waals surface area contributed by atoms with Crippen LogP contribution in [0.4, 0.5) is 0 Å². The Labute approximate surface area is 384 Å². The van der Waals surface area contributed by atoms with Gasteiger partial charge in [-0.3, -0.25) is 0 Å². The van der Waals surface area contributed by atoms with Crippen LogP contribution in [0.2, 0.25) is 0 Å². The van der Waals surface area contributed by atoms with Crippen molar-refractivity contribution in [3.8, 4) is 0 Å². The molecule has 0 N–H and O–H groups in total. The minimum Gasteiger partial charge on any atom is -0.324 e. The summed E-state index contributed by atoms with van der Waals surface area (Å²) in [5, 5.41) is 0. The molecule has 0 saturated heterocycles. The number of hydrogen-bond donors (Lipinski definition) is 0. The molecule has 0 aromatic rings. The fourth-order valence-corrected chi connectivity index (χ4v) is 10.2. The number of rotatable bonds is 54. The third-order valence-corrected chi connectivity index (χ3v) is 14.6. The molecular weight excluding hydrogens is 723 g/mol. The summed E-state index contributed by atoms with van der Waals surface area (Å²) in [5.41, 5.74) is 0. The van der Waals surface area contributed by atoms with Crippen LogP contribution in [-0.4, -0.2) is 30.7 Å². The van der Waals surface area contributed by atoms with Crippen LogP contribution in [0.3, 0.4) is 0 Å². The minimum atomic E-state index is 0.838. The van der Waals surface area contributed by atoms with Crippen molar-refractivity contribution in [3.63, 3.8) is 0 Å². The van der Waals surface area contributed by atoms with Gasteiger partial charge in [0.2, 0.25) is 0 Å². The van der Waals surface area contributed by atoms with Crippen LogP contribution >= 0.6 is 0 Å². The van der Waals surface area contributed by atoms with Crippen molar-refractivity contribution in [2.45, 2.75) is 349 Å². The fourth-order valence-electron chi connectivity index (χ4n) is 10.2. The van der Waals surface area contributed by atoms with E-state index in [0.29, 0.717) is 0 Å². The van der Waals surface area contributed by atoms with Gasteiger partial charge in [-0.05, 0) is 50.9 Å². The van der Waals surface area contributed by atoms with Gasteiger partial charge in [0.1, 0.15) is 0 Å². The molecule has 0 fully saturated rings. The SMILES string of the molecule is CCCCCCCCCCCCCCCCCC[N+](CCCCCCCCCCCCCCCCCC)(CCCCCCCCCCCCCCCCCC)CCC(C)C. The van der Waals surface area contributed by atoms with Gasteiger partial charge in [-0.1, -0.05) is 304 Å². The summed E-state index contributed by atoms with van der Waals surface area (Å²) in [5.74, 6) is 0.838. The van der Waals surface area contributed by atoms with E-state index < -0.39 is 0 Å². The van der Waals surface area contributed by atoms with Crippen LogP contribution in [0.15, 0.2) is 0 Å². The maximum absolute atomic E-state index is 2.48. The summed E-state index contributed by atoms with van der Waals surface area (Å²) in [4.78, 5) is 0. The van der Waals surface area contributed by atoms with Gasteiger partial charge < -0.3 is 4.48 Å². The second kappa shape index (κ2) is 51.6. The lowest BCUT2D eigenvalue weighted by molar-refractivity contribution is -0.929. The molecule has 0 heterocycles. The van der Waals surface area contributed by atoms with Crippen molar-refractivity contribution in [1.29, 1.82) is 0 Å². The first-order chi connectivity index (χ1) is 29.6. The van der Waals surface area contributed by atoms with Gasteiger partial charge in [0.25, 0.3) is 0 Å². The smallest absolute Gasteiger partial charge is 0.0789 e. The van der Waals surface area contributed by atoms with Crippen LogP contribution in [0.5, 0.6) is 0 Å². The number of hydrogen-bond acceptors (Lipinski definition) is 0.